The fourth-order valence-electron chi connectivity index (χ4n) is 1.31. The van der Waals surface area contributed by atoms with Gasteiger partial charge in [0.2, 0.25) is 0 Å². The Morgan fingerprint density at radius 2 is 2.36 bits per heavy atom. The van der Waals surface area contributed by atoms with E-state index < -0.39 is 5.60 Å². The Bertz CT molecular complexity index is 287. The van der Waals surface area contributed by atoms with Crippen molar-refractivity contribution in [2.45, 2.75) is 32.3 Å². The molecule has 1 heterocycles. The zero-order chi connectivity index (χ0) is 10.6. The Kier molecular flexibility index (Phi) is 4.04. The van der Waals surface area contributed by atoms with Crippen molar-refractivity contribution in [3.8, 4) is 0 Å². The lowest BCUT2D eigenvalue weighted by atomic mass is 9.98. The fourth-order valence-corrected chi connectivity index (χ4v) is 2.22. The third kappa shape index (κ3) is 3.04. The predicted molar refractivity (Wildman–Crippen MR) is 57.7 cm³/mol. The van der Waals surface area contributed by atoms with Crippen molar-refractivity contribution in [1.29, 1.82) is 0 Å². The minimum atomic E-state index is -0.765. The molecule has 4 heteroatoms. The highest BCUT2D eigenvalue weighted by Crippen LogP contribution is 2.20. The highest BCUT2D eigenvalue weighted by molar-refractivity contribution is 7.09. The number of thiazole rings is 1. The number of rotatable bonds is 5. The maximum atomic E-state index is 10.1. The molecular weight excluding hydrogens is 198 g/mol. The average molecular weight is 215 g/mol. The van der Waals surface area contributed by atoms with Gasteiger partial charge in [-0.3, -0.25) is 0 Å². The van der Waals surface area contributed by atoms with Crippen molar-refractivity contribution in [3.05, 3.63) is 16.1 Å². The van der Waals surface area contributed by atoms with Gasteiger partial charge >= 0.3 is 0 Å². The number of hydrogen-bond donors (Lipinski definition) is 1. The van der Waals surface area contributed by atoms with Gasteiger partial charge in [0.25, 0.3) is 0 Å². The van der Waals surface area contributed by atoms with Crippen LogP contribution in [-0.2, 0) is 11.2 Å². The Morgan fingerprint density at radius 3 is 2.79 bits per heavy atom. The van der Waals surface area contributed by atoms with Crippen LogP contribution in [0.1, 0.15) is 24.0 Å². The first kappa shape index (κ1) is 11.6. The monoisotopic (exact) mass is 215 g/mol. The smallest absolute Gasteiger partial charge is 0.0957 e. The van der Waals surface area contributed by atoms with Crippen molar-refractivity contribution in [2.75, 3.05) is 13.7 Å². The van der Waals surface area contributed by atoms with E-state index in [-0.39, 0.29) is 0 Å². The Balaban J connectivity index is 2.64. The van der Waals surface area contributed by atoms with Gasteiger partial charge in [-0.05, 0) is 13.3 Å². The van der Waals surface area contributed by atoms with E-state index >= 15 is 0 Å². The second kappa shape index (κ2) is 4.87. The van der Waals surface area contributed by atoms with Gasteiger partial charge in [0.15, 0.2) is 0 Å². The third-order valence-corrected chi connectivity index (χ3v) is 3.18. The maximum Gasteiger partial charge on any atom is 0.0957 e. The lowest BCUT2D eigenvalue weighted by Gasteiger charge is -2.24. The van der Waals surface area contributed by atoms with Crippen LogP contribution in [-0.4, -0.2) is 29.4 Å². The van der Waals surface area contributed by atoms with E-state index in [2.05, 4.69) is 4.98 Å². The van der Waals surface area contributed by atoms with Crippen LogP contribution in [0, 0.1) is 6.92 Å². The summed E-state index contributed by atoms with van der Waals surface area (Å²) in [6.45, 7) is 4.28. The van der Waals surface area contributed by atoms with Crippen LogP contribution in [0.3, 0.4) is 0 Å². The van der Waals surface area contributed by atoms with Crippen LogP contribution in [0.25, 0.3) is 0 Å². The van der Waals surface area contributed by atoms with Gasteiger partial charge in [-0.25, -0.2) is 4.98 Å². The average Bonchev–Trinajstić information content (AvgIpc) is 2.51. The second-order valence-electron chi connectivity index (χ2n) is 3.57. The van der Waals surface area contributed by atoms with E-state index in [1.54, 1.807) is 18.4 Å². The van der Waals surface area contributed by atoms with Gasteiger partial charge < -0.3 is 9.84 Å². The molecule has 0 aliphatic heterocycles. The summed E-state index contributed by atoms with van der Waals surface area (Å²) in [4.78, 5) is 4.33. The molecule has 0 aromatic carbocycles. The summed E-state index contributed by atoms with van der Waals surface area (Å²) < 4.78 is 5.00. The number of ether oxygens (including phenoxy) is 1. The van der Waals surface area contributed by atoms with E-state index in [0.717, 1.165) is 10.7 Å². The van der Waals surface area contributed by atoms with Crippen molar-refractivity contribution < 1.29 is 9.84 Å². The number of aliphatic hydroxyl groups is 1. The first-order chi connectivity index (χ1) is 6.59. The van der Waals surface area contributed by atoms with Crippen molar-refractivity contribution in [3.63, 3.8) is 0 Å². The molecule has 14 heavy (non-hydrogen) atoms. The number of methoxy groups -OCH3 is 1. The molecule has 0 aliphatic carbocycles. The number of hydrogen-bond acceptors (Lipinski definition) is 4. The summed E-state index contributed by atoms with van der Waals surface area (Å²) >= 11 is 1.59. The molecule has 0 spiro atoms. The molecule has 0 amide bonds. The zero-order valence-corrected chi connectivity index (χ0v) is 9.73. The molecule has 1 unspecified atom stereocenters. The molecule has 80 valence electrons. The summed E-state index contributed by atoms with van der Waals surface area (Å²) in [5.74, 6) is 0. The van der Waals surface area contributed by atoms with Gasteiger partial charge in [-0.2, -0.15) is 0 Å². The first-order valence-electron chi connectivity index (χ1n) is 4.72. The van der Waals surface area contributed by atoms with E-state index in [4.69, 9.17) is 4.74 Å². The summed E-state index contributed by atoms with van der Waals surface area (Å²) in [5.41, 5.74) is 0.250. The molecule has 1 atom stereocenters. The molecule has 1 rings (SSSR count). The molecule has 1 aromatic rings. The molecule has 0 saturated heterocycles. The minimum Gasteiger partial charge on any atom is -0.387 e. The van der Waals surface area contributed by atoms with Crippen molar-refractivity contribution in [1.82, 2.24) is 4.98 Å². The molecule has 0 bridgehead atoms. The SMILES string of the molecule is CCC(O)(COC)Cc1nc(C)cs1. The molecule has 0 aliphatic rings. The Labute approximate surface area is 88.8 Å². The fraction of sp³-hybridized carbons (Fsp3) is 0.700. The van der Waals surface area contributed by atoms with Gasteiger partial charge in [0.05, 0.1) is 17.2 Å². The maximum absolute atomic E-state index is 10.1. The van der Waals surface area contributed by atoms with E-state index in [0.29, 0.717) is 19.4 Å². The number of nitrogens with zero attached hydrogens (tertiary/aromatic N) is 1. The number of aromatic nitrogens is 1. The molecule has 3 nitrogen and oxygen atoms in total. The lowest BCUT2D eigenvalue weighted by molar-refractivity contribution is -0.0333. The van der Waals surface area contributed by atoms with Crippen molar-refractivity contribution in [2.24, 2.45) is 0 Å². The largest absolute Gasteiger partial charge is 0.387 e. The summed E-state index contributed by atoms with van der Waals surface area (Å²) in [5, 5.41) is 13.1. The number of aryl methyl sites for hydroxylation is 1. The summed E-state index contributed by atoms with van der Waals surface area (Å²) in [6, 6.07) is 0. The topological polar surface area (TPSA) is 42.4 Å². The summed E-state index contributed by atoms with van der Waals surface area (Å²) in [7, 11) is 1.60. The molecule has 1 N–H and O–H groups in total. The van der Waals surface area contributed by atoms with Crippen LogP contribution in [0.5, 0.6) is 0 Å². The Morgan fingerprint density at radius 1 is 1.64 bits per heavy atom. The lowest BCUT2D eigenvalue weighted by Crippen LogP contribution is -2.35. The normalized spacial score (nSPS) is 15.4. The highest BCUT2D eigenvalue weighted by atomic mass is 32.1. The third-order valence-electron chi connectivity index (χ3n) is 2.22. The molecule has 0 radical (unpaired) electrons. The Hall–Kier alpha value is -0.450. The summed E-state index contributed by atoms with van der Waals surface area (Å²) in [6.07, 6.45) is 1.26. The first-order valence-corrected chi connectivity index (χ1v) is 5.60. The molecular formula is C10H17NO2S. The molecule has 0 fully saturated rings. The van der Waals surface area contributed by atoms with Gasteiger partial charge in [0, 0.05) is 24.6 Å². The quantitative estimate of drug-likeness (QED) is 0.814. The standard InChI is InChI=1S/C10H17NO2S/c1-4-10(12,7-13-3)5-9-11-8(2)6-14-9/h6,12H,4-5,7H2,1-3H3. The van der Waals surface area contributed by atoms with Crippen LogP contribution in [0.2, 0.25) is 0 Å². The predicted octanol–water partition coefficient (Wildman–Crippen LogP) is 1.78. The van der Waals surface area contributed by atoms with Crippen LogP contribution < -0.4 is 0 Å². The molecule has 0 saturated carbocycles. The molecule has 1 aromatic heterocycles. The van der Waals surface area contributed by atoms with Gasteiger partial charge in [0.1, 0.15) is 0 Å². The van der Waals surface area contributed by atoms with Gasteiger partial charge in [-0.1, -0.05) is 6.92 Å². The van der Waals surface area contributed by atoms with Crippen LogP contribution in [0.15, 0.2) is 5.38 Å². The van der Waals surface area contributed by atoms with Crippen molar-refractivity contribution >= 4 is 11.3 Å². The zero-order valence-electron chi connectivity index (χ0n) is 8.91. The van der Waals surface area contributed by atoms with Crippen LogP contribution >= 0.6 is 11.3 Å². The highest BCUT2D eigenvalue weighted by Gasteiger charge is 2.26. The van der Waals surface area contributed by atoms with Crippen LogP contribution in [0.4, 0.5) is 0 Å². The minimum absolute atomic E-state index is 0.363. The van der Waals surface area contributed by atoms with Gasteiger partial charge in [-0.15, -0.1) is 11.3 Å². The van der Waals surface area contributed by atoms with E-state index in [9.17, 15) is 5.11 Å². The van der Waals surface area contributed by atoms with E-state index in [1.165, 1.54) is 0 Å². The van der Waals surface area contributed by atoms with E-state index in [1.807, 2.05) is 19.2 Å². The second-order valence-corrected chi connectivity index (χ2v) is 4.51.